The van der Waals surface area contributed by atoms with Gasteiger partial charge >= 0.3 is 0 Å². The zero-order valence-corrected chi connectivity index (χ0v) is 13.0. The monoisotopic (exact) mass is 325 g/mol. The molecule has 2 rings (SSSR count). The average Bonchev–Trinajstić information content (AvgIpc) is 2.51. The molecule has 0 atom stereocenters. The van der Waals surface area contributed by atoms with E-state index < -0.39 is 0 Å². The number of halogens is 2. The maximum atomic E-state index is 12.3. The summed E-state index contributed by atoms with van der Waals surface area (Å²) in [7, 11) is 3.04. The Morgan fingerprint density at radius 2 is 1.67 bits per heavy atom. The molecule has 4 nitrogen and oxygen atoms in total. The maximum absolute atomic E-state index is 12.3. The highest BCUT2D eigenvalue weighted by atomic mass is 35.5. The predicted octanol–water partition coefficient (Wildman–Crippen LogP) is 4.26. The molecule has 0 fully saturated rings. The molecule has 2 aromatic rings. The number of hydrogen-bond acceptors (Lipinski definition) is 3. The number of carbonyl (C=O) groups excluding carboxylic acids is 1. The lowest BCUT2D eigenvalue weighted by Crippen LogP contribution is -2.12. The van der Waals surface area contributed by atoms with E-state index in [1.165, 1.54) is 14.2 Å². The largest absolute Gasteiger partial charge is 0.497 e. The van der Waals surface area contributed by atoms with E-state index in [0.29, 0.717) is 32.8 Å². The summed E-state index contributed by atoms with van der Waals surface area (Å²) < 4.78 is 10.3. The first kappa shape index (κ1) is 15.5. The summed E-state index contributed by atoms with van der Waals surface area (Å²) in [5.74, 6) is 0.713. The van der Waals surface area contributed by atoms with E-state index in [4.69, 9.17) is 32.7 Å². The van der Waals surface area contributed by atoms with Crippen molar-refractivity contribution in [2.24, 2.45) is 0 Å². The number of methoxy groups -OCH3 is 2. The van der Waals surface area contributed by atoms with Gasteiger partial charge in [0.2, 0.25) is 0 Å². The number of nitrogens with one attached hydrogen (secondary N) is 1. The lowest BCUT2D eigenvalue weighted by Gasteiger charge is -2.10. The van der Waals surface area contributed by atoms with Crippen LogP contribution < -0.4 is 14.8 Å². The SMILES string of the molecule is COc1cc(OC)cc(C(=O)Nc2cccc(Cl)c2Cl)c1. The number of amides is 1. The normalized spacial score (nSPS) is 10.1. The molecular weight excluding hydrogens is 313 g/mol. The minimum Gasteiger partial charge on any atom is -0.497 e. The summed E-state index contributed by atoms with van der Waals surface area (Å²) in [5, 5.41) is 3.37. The molecule has 21 heavy (non-hydrogen) atoms. The van der Waals surface area contributed by atoms with Crippen molar-refractivity contribution in [1.82, 2.24) is 0 Å². The van der Waals surface area contributed by atoms with Crippen molar-refractivity contribution < 1.29 is 14.3 Å². The number of benzene rings is 2. The van der Waals surface area contributed by atoms with E-state index in [1.54, 1.807) is 36.4 Å². The molecule has 2 aromatic carbocycles. The first-order chi connectivity index (χ1) is 10.0. The van der Waals surface area contributed by atoms with Gasteiger partial charge in [0.25, 0.3) is 5.91 Å². The number of ether oxygens (including phenoxy) is 2. The molecule has 0 aliphatic heterocycles. The van der Waals surface area contributed by atoms with Crippen LogP contribution in [-0.2, 0) is 0 Å². The Morgan fingerprint density at radius 1 is 1.05 bits per heavy atom. The summed E-state index contributed by atoms with van der Waals surface area (Å²) in [4.78, 5) is 12.3. The highest BCUT2D eigenvalue weighted by Gasteiger charge is 2.12. The smallest absolute Gasteiger partial charge is 0.255 e. The second kappa shape index (κ2) is 6.70. The molecule has 0 heterocycles. The average molecular weight is 326 g/mol. The Kier molecular flexibility index (Phi) is 4.94. The Hall–Kier alpha value is -1.91. The van der Waals surface area contributed by atoms with Crippen molar-refractivity contribution in [2.75, 3.05) is 19.5 Å². The molecule has 0 saturated heterocycles. The van der Waals surface area contributed by atoms with E-state index in [-0.39, 0.29) is 5.91 Å². The topological polar surface area (TPSA) is 47.6 Å². The fourth-order valence-corrected chi connectivity index (χ4v) is 2.08. The molecule has 6 heteroatoms. The predicted molar refractivity (Wildman–Crippen MR) is 84.0 cm³/mol. The van der Waals surface area contributed by atoms with Crippen LogP contribution in [0.5, 0.6) is 11.5 Å². The van der Waals surface area contributed by atoms with Crippen LogP contribution in [0.25, 0.3) is 0 Å². The van der Waals surface area contributed by atoms with Gasteiger partial charge in [0.05, 0.1) is 30.0 Å². The van der Waals surface area contributed by atoms with Gasteiger partial charge in [0.15, 0.2) is 0 Å². The van der Waals surface area contributed by atoms with Crippen LogP contribution in [0, 0.1) is 0 Å². The summed E-state index contributed by atoms with van der Waals surface area (Å²) in [6.45, 7) is 0. The molecule has 1 N–H and O–H groups in total. The highest BCUT2D eigenvalue weighted by molar-refractivity contribution is 6.44. The zero-order chi connectivity index (χ0) is 15.4. The Morgan fingerprint density at radius 3 is 2.24 bits per heavy atom. The lowest BCUT2D eigenvalue weighted by molar-refractivity contribution is 0.102. The van der Waals surface area contributed by atoms with Crippen LogP contribution in [0.1, 0.15) is 10.4 Å². The second-order valence-corrected chi connectivity index (χ2v) is 4.94. The molecule has 110 valence electrons. The molecule has 0 aliphatic carbocycles. The van der Waals surface area contributed by atoms with Crippen molar-refractivity contribution in [2.45, 2.75) is 0 Å². The van der Waals surface area contributed by atoms with Gasteiger partial charge in [0, 0.05) is 11.6 Å². The third-order valence-corrected chi connectivity index (χ3v) is 3.63. The summed E-state index contributed by atoms with van der Waals surface area (Å²) in [5.41, 5.74) is 0.832. The number of carbonyl (C=O) groups is 1. The van der Waals surface area contributed by atoms with Crippen LogP contribution in [0.2, 0.25) is 10.0 Å². The van der Waals surface area contributed by atoms with Gasteiger partial charge in [0.1, 0.15) is 11.5 Å². The van der Waals surface area contributed by atoms with Gasteiger partial charge in [-0.25, -0.2) is 0 Å². The van der Waals surface area contributed by atoms with Crippen molar-refractivity contribution in [3.63, 3.8) is 0 Å². The molecular formula is C15H13Cl2NO3. The Labute approximate surface area is 132 Å². The van der Waals surface area contributed by atoms with E-state index in [9.17, 15) is 4.79 Å². The van der Waals surface area contributed by atoms with Gasteiger partial charge in [-0.2, -0.15) is 0 Å². The quantitative estimate of drug-likeness (QED) is 0.913. The van der Waals surface area contributed by atoms with Crippen LogP contribution in [-0.4, -0.2) is 20.1 Å². The number of anilines is 1. The third kappa shape index (κ3) is 3.60. The maximum Gasteiger partial charge on any atom is 0.255 e. The van der Waals surface area contributed by atoms with Crippen LogP contribution in [0.4, 0.5) is 5.69 Å². The van der Waals surface area contributed by atoms with E-state index in [1.807, 2.05) is 0 Å². The van der Waals surface area contributed by atoms with Gasteiger partial charge in [-0.05, 0) is 24.3 Å². The minimum absolute atomic E-state index is 0.294. The summed E-state index contributed by atoms with van der Waals surface area (Å²) >= 11 is 12.0. The molecule has 0 radical (unpaired) electrons. The van der Waals surface area contributed by atoms with Gasteiger partial charge in [-0.1, -0.05) is 29.3 Å². The number of hydrogen-bond donors (Lipinski definition) is 1. The van der Waals surface area contributed by atoms with Crippen molar-refractivity contribution in [1.29, 1.82) is 0 Å². The summed E-state index contributed by atoms with van der Waals surface area (Å²) in [6.07, 6.45) is 0. The fourth-order valence-electron chi connectivity index (χ4n) is 1.73. The van der Waals surface area contributed by atoms with E-state index in [0.717, 1.165) is 0 Å². The van der Waals surface area contributed by atoms with Gasteiger partial charge in [-0.3, -0.25) is 4.79 Å². The molecule has 0 aromatic heterocycles. The molecule has 1 amide bonds. The van der Waals surface area contributed by atoms with Crippen LogP contribution >= 0.6 is 23.2 Å². The lowest BCUT2D eigenvalue weighted by atomic mass is 10.2. The van der Waals surface area contributed by atoms with Crippen LogP contribution in [0.3, 0.4) is 0 Å². The zero-order valence-electron chi connectivity index (χ0n) is 11.4. The third-order valence-electron chi connectivity index (χ3n) is 2.81. The van der Waals surface area contributed by atoms with Crippen LogP contribution in [0.15, 0.2) is 36.4 Å². The van der Waals surface area contributed by atoms with E-state index in [2.05, 4.69) is 5.32 Å². The molecule has 0 saturated carbocycles. The first-order valence-corrected chi connectivity index (χ1v) is 6.79. The number of rotatable bonds is 4. The van der Waals surface area contributed by atoms with Gasteiger partial charge < -0.3 is 14.8 Å². The van der Waals surface area contributed by atoms with E-state index >= 15 is 0 Å². The van der Waals surface area contributed by atoms with Gasteiger partial charge in [-0.15, -0.1) is 0 Å². The second-order valence-electron chi connectivity index (χ2n) is 4.16. The molecule has 0 aliphatic rings. The Bertz CT molecular complexity index is 652. The summed E-state index contributed by atoms with van der Waals surface area (Å²) in [6, 6.07) is 9.92. The standard InChI is InChI=1S/C15H13Cl2NO3/c1-20-10-6-9(7-11(8-10)21-2)15(19)18-13-5-3-4-12(16)14(13)17/h3-8H,1-2H3,(H,18,19). The molecule has 0 unspecified atom stereocenters. The Balaban J connectivity index is 2.30. The highest BCUT2D eigenvalue weighted by Crippen LogP contribution is 2.30. The van der Waals surface area contributed by atoms with Crippen molar-refractivity contribution in [3.8, 4) is 11.5 Å². The molecule has 0 spiro atoms. The minimum atomic E-state index is -0.337. The molecule has 0 bridgehead atoms. The first-order valence-electron chi connectivity index (χ1n) is 6.03. The van der Waals surface area contributed by atoms with Crippen molar-refractivity contribution in [3.05, 3.63) is 52.0 Å². The fraction of sp³-hybridized carbons (Fsp3) is 0.133. The van der Waals surface area contributed by atoms with Crippen molar-refractivity contribution >= 4 is 34.8 Å².